The van der Waals surface area contributed by atoms with Crippen molar-refractivity contribution in [2.45, 2.75) is 31.6 Å². The van der Waals surface area contributed by atoms with E-state index in [4.69, 9.17) is 11.6 Å². The lowest BCUT2D eigenvalue weighted by Gasteiger charge is -2.18. The largest absolute Gasteiger partial charge is 0.389 e. The van der Waals surface area contributed by atoms with Gasteiger partial charge < -0.3 is 10.2 Å². The predicted octanol–water partition coefficient (Wildman–Crippen LogP) is 1.92. The van der Waals surface area contributed by atoms with E-state index in [0.29, 0.717) is 0 Å². The summed E-state index contributed by atoms with van der Waals surface area (Å²) < 4.78 is 0. The Hall–Kier alpha value is -0.610. The van der Waals surface area contributed by atoms with Crippen molar-refractivity contribution in [1.82, 2.24) is 4.90 Å². The molecule has 0 radical (unpaired) electrons. The number of aliphatic hydroxyl groups excluding tert-OH is 2. The Labute approximate surface area is 113 Å². The number of alkyl halides is 1. The number of halogens is 1. The highest BCUT2D eigenvalue weighted by Gasteiger charge is 2.18. The van der Waals surface area contributed by atoms with E-state index in [2.05, 4.69) is 11.0 Å². The third kappa shape index (κ3) is 3.45. The zero-order valence-electron chi connectivity index (χ0n) is 10.4. The van der Waals surface area contributed by atoms with Crippen LogP contribution in [0.1, 0.15) is 30.1 Å². The minimum absolute atomic E-state index is 0.0392. The van der Waals surface area contributed by atoms with E-state index in [9.17, 15) is 10.2 Å². The molecule has 2 rings (SSSR count). The van der Waals surface area contributed by atoms with E-state index in [1.807, 2.05) is 18.2 Å². The molecule has 2 N–H and O–H groups in total. The summed E-state index contributed by atoms with van der Waals surface area (Å²) in [6, 6.07) is 7.76. The third-order valence-corrected chi connectivity index (χ3v) is 3.74. The van der Waals surface area contributed by atoms with E-state index >= 15 is 0 Å². The van der Waals surface area contributed by atoms with E-state index in [1.165, 1.54) is 18.4 Å². The maximum absolute atomic E-state index is 9.93. The molecule has 1 aromatic rings. The maximum atomic E-state index is 9.93. The molecule has 0 spiro atoms. The van der Waals surface area contributed by atoms with Crippen LogP contribution in [-0.4, -0.2) is 40.2 Å². The minimum atomic E-state index is -0.909. The van der Waals surface area contributed by atoms with E-state index in [1.54, 1.807) is 0 Å². The number of benzene rings is 1. The first kappa shape index (κ1) is 13.8. The van der Waals surface area contributed by atoms with Crippen molar-refractivity contribution >= 4 is 11.6 Å². The number of hydrogen-bond donors (Lipinski definition) is 2. The first-order chi connectivity index (χ1) is 8.70. The molecule has 4 heteroatoms. The molecule has 1 aliphatic rings. The van der Waals surface area contributed by atoms with Gasteiger partial charge in [-0.3, -0.25) is 4.90 Å². The fourth-order valence-corrected chi connectivity index (χ4v) is 2.55. The lowest BCUT2D eigenvalue weighted by Crippen LogP contribution is -2.21. The molecule has 100 valence electrons. The van der Waals surface area contributed by atoms with Crippen LogP contribution in [0.15, 0.2) is 24.3 Å². The molecule has 3 nitrogen and oxygen atoms in total. The summed E-state index contributed by atoms with van der Waals surface area (Å²) in [4.78, 5) is 2.41. The van der Waals surface area contributed by atoms with Crippen LogP contribution in [0.25, 0.3) is 0 Å². The van der Waals surface area contributed by atoms with Gasteiger partial charge in [0.1, 0.15) is 6.10 Å². The van der Waals surface area contributed by atoms with Gasteiger partial charge in [0.05, 0.1) is 12.0 Å². The van der Waals surface area contributed by atoms with Crippen LogP contribution in [0.2, 0.25) is 0 Å². The topological polar surface area (TPSA) is 43.7 Å². The second-order valence-corrected chi connectivity index (χ2v) is 5.20. The monoisotopic (exact) mass is 269 g/mol. The van der Waals surface area contributed by atoms with Crippen LogP contribution in [0.3, 0.4) is 0 Å². The fraction of sp³-hybridized carbons (Fsp3) is 0.571. The third-order valence-electron chi connectivity index (χ3n) is 3.42. The van der Waals surface area contributed by atoms with Crippen LogP contribution in [-0.2, 0) is 6.54 Å². The van der Waals surface area contributed by atoms with Gasteiger partial charge in [-0.25, -0.2) is 0 Å². The average molecular weight is 270 g/mol. The normalized spacial score (nSPS) is 19.9. The van der Waals surface area contributed by atoms with Crippen molar-refractivity contribution in [2.75, 3.05) is 19.0 Å². The standard InChI is InChI=1S/C14H20ClNO2/c15-9-13(17)14(18)12-5-3-4-11(8-12)10-16-6-1-2-7-16/h3-5,8,13-14,17-18H,1-2,6-7,9-10H2. The van der Waals surface area contributed by atoms with Gasteiger partial charge in [0, 0.05) is 6.54 Å². The second-order valence-electron chi connectivity index (χ2n) is 4.89. The van der Waals surface area contributed by atoms with Gasteiger partial charge in [-0.15, -0.1) is 11.6 Å². The Balaban J connectivity index is 2.04. The highest BCUT2D eigenvalue weighted by atomic mass is 35.5. The highest BCUT2D eigenvalue weighted by molar-refractivity contribution is 6.18. The minimum Gasteiger partial charge on any atom is -0.389 e. The molecule has 2 unspecified atom stereocenters. The van der Waals surface area contributed by atoms with Crippen molar-refractivity contribution < 1.29 is 10.2 Å². The predicted molar refractivity (Wildman–Crippen MR) is 72.6 cm³/mol. The highest BCUT2D eigenvalue weighted by Crippen LogP contribution is 2.20. The zero-order valence-corrected chi connectivity index (χ0v) is 11.2. The molecule has 1 saturated heterocycles. The van der Waals surface area contributed by atoms with Gasteiger partial charge in [-0.2, -0.15) is 0 Å². The summed E-state index contributed by atoms with van der Waals surface area (Å²) in [6.45, 7) is 3.21. The summed E-state index contributed by atoms with van der Waals surface area (Å²) in [6.07, 6.45) is 0.732. The molecule has 18 heavy (non-hydrogen) atoms. The molecule has 0 aromatic heterocycles. The van der Waals surface area contributed by atoms with E-state index in [0.717, 1.165) is 25.2 Å². The molecule has 0 bridgehead atoms. The summed E-state index contributed by atoms with van der Waals surface area (Å²) in [7, 11) is 0. The Morgan fingerprint density at radius 2 is 1.94 bits per heavy atom. The van der Waals surface area contributed by atoms with Gasteiger partial charge in [0.25, 0.3) is 0 Å². The molecule has 1 fully saturated rings. The van der Waals surface area contributed by atoms with Crippen LogP contribution in [0.4, 0.5) is 0 Å². The van der Waals surface area contributed by atoms with Crippen LogP contribution < -0.4 is 0 Å². The number of likely N-dealkylation sites (tertiary alicyclic amines) is 1. The summed E-state index contributed by atoms with van der Waals surface area (Å²) in [5.74, 6) is 0.0392. The van der Waals surface area contributed by atoms with Crippen LogP contribution >= 0.6 is 11.6 Å². The number of nitrogens with zero attached hydrogens (tertiary/aromatic N) is 1. The Morgan fingerprint density at radius 1 is 1.22 bits per heavy atom. The quantitative estimate of drug-likeness (QED) is 0.803. The fourth-order valence-electron chi connectivity index (χ4n) is 2.38. The molecule has 0 aliphatic carbocycles. The summed E-state index contributed by atoms with van der Waals surface area (Å²) >= 11 is 5.56. The van der Waals surface area contributed by atoms with E-state index < -0.39 is 12.2 Å². The SMILES string of the molecule is OC(CCl)C(O)c1cccc(CN2CCCC2)c1. The lowest BCUT2D eigenvalue weighted by molar-refractivity contribution is 0.0326. The molecular weight excluding hydrogens is 250 g/mol. The lowest BCUT2D eigenvalue weighted by atomic mass is 10.0. The number of rotatable bonds is 5. The van der Waals surface area contributed by atoms with Crippen molar-refractivity contribution in [3.05, 3.63) is 35.4 Å². The molecule has 1 aliphatic heterocycles. The molecule has 2 atom stereocenters. The Kier molecular flexibility index (Phi) is 5.01. The van der Waals surface area contributed by atoms with Gasteiger partial charge >= 0.3 is 0 Å². The van der Waals surface area contributed by atoms with E-state index in [-0.39, 0.29) is 5.88 Å². The zero-order chi connectivity index (χ0) is 13.0. The number of aliphatic hydroxyl groups is 2. The van der Waals surface area contributed by atoms with Crippen molar-refractivity contribution in [3.63, 3.8) is 0 Å². The second kappa shape index (κ2) is 6.53. The smallest absolute Gasteiger partial charge is 0.106 e. The van der Waals surface area contributed by atoms with Crippen LogP contribution in [0.5, 0.6) is 0 Å². The van der Waals surface area contributed by atoms with Crippen molar-refractivity contribution in [2.24, 2.45) is 0 Å². The van der Waals surface area contributed by atoms with Gasteiger partial charge in [0.15, 0.2) is 0 Å². The Morgan fingerprint density at radius 3 is 2.61 bits per heavy atom. The van der Waals surface area contributed by atoms with Gasteiger partial charge in [-0.05, 0) is 37.1 Å². The summed E-state index contributed by atoms with van der Waals surface area (Å²) in [5, 5.41) is 19.5. The van der Waals surface area contributed by atoms with Crippen LogP contribution in [0, 0.1) is 0 Å². The Bertz CT molecular complexity index is 380. The summed E-state index contributed by atoms with van der Waals surface area (Å²) in [5.41, 5.74) is 1.91. The molecule has 0 amide bonds. The van der Waals surface area contributed by atoms with Gasteiger partial charge in [-0.1, -0.05) is 24.3 Å². The molecule has 1 aromatic carbocycles. The van der Waals surface area contributed by atoms with Crippen molar-refractivity contribution in [3.8, 4) is 0 Å². The molecule has 1 heterocycles. The first-order valence-corrected chi connectivity index (χ1v) is 6.97. The van der Waals surface area contributed by atoms with Gasteiger partial charge in [0.2, 0.25) is 0 Å². The number of hydrogen-bond acceptors (Lipinski definition) is 3. The molecule has 0 saturated carbocycles. The first-order valence-electron chi connectivity index (χ1n) is 6.44. The average Bonchev–Trinajstić information content (AvgIpc) is 2.90. The van der Waals surface area contributed by atoms with Crippen molar-refractivity contribution in [1.29, 1.82) is 0 Å². The maximum Gasteiger partial charge on any atom is 0.106 e. The molecular formula is C14H20ClNO2.